The minimum atomic E-state index is -3.73. The molecule has 2 fully saturated rings. The van der Waals surface area contributed by atoms with E-state index in [2.05, 4.69) is 20.8 Å². The molecule has 2 unspecified atom stereocenters. The number of nitrogens with zero attached hydrogens (tertiary/aromatic N) is 2. The van der Waals surface area contributed by atoms with Gasteiger partial charge in [0.25, 0.3) is 5.91 Å². The van der Waals surface area contributed by atoms with Crippen LogP contribution in [0, 0.1) is 17.8 Å². The number of piperidine rings is 2. The number of carbonyl (C=O) groups excluding carboxylic acids is 1. The number of carbonyl (C=O) groups is 1. The highest BCUT2D eigenvalue weighted by Gasteiger charge is 2.34. The number of methoxy groups -OCH3 is 1. The van der Waals surface area contributed by atoms with Crippen LogP contribution in [0.15, 0.2) is 23.1 Å². The zero-order valence-corrected chi connectivity index (χ0v) is 18.2. The molecule has 0 bridgehead atoms. The number of rotatable bonds is 4. The first-order valence-corrected chi connectivity index (χ1v) is 11.6. The van der Waals surface area contributed by atoms with Gasteiger partial charge in [0, 0.05) is 31.7 Å². The van der Waals surface area contributed by atoms with E-state index in [-0.39, 0.29) is 16.6 Å². The van der Waals surface area contributed by atoms with E-state index in [1.807, 2.05) is 4.90 Å². The molecule has 0 radical (unpaired) electrons. The van der Waals surface area contributed by atoms with Crippen LogP contribution in [0.3, 0.4) is 0 Å². The standard InChI is InChI=1S/C21H32N2O4S/c1-15-7-9-22(10-8-15)21(24)18-5-6-19(27-4)20(12-18)28(25,26)23-13-16(2)11-17(3)14-23/h5-6,12,15-17H,7-11,13-14H2,1-4H3. The summed E-state index contributed by atoms with van der Waals surface area (Å²) in [5.74, 6) is 1.43. The normalized spacial score (nSPS) is 24.9. The van der Waals surface area contributed by atoms with Gasteiger partial charge in [-0.3, -0.25) is 4.79 Å². The third-order valence-corrected chi connectivity index (χ3v) is 7.79. The molecule has 2 saturated heterocycles. The molecule has 0 N–H and O–H groups in total. The van der Waals surface area contributed by atoms with Crippen molar-refractivity contribution in [3.8, 4) is 5.75 Å². The molecule has 6 nitrogen and oxygen atoms in total. The van der Waals surface area contributed by atoms with Gasteiger partial charge in [0.2, 0.25) is 10.0 Å². The molecule has 0 aliphatic carbocycles. The van der Waals surface area contributed by atoms with Crippen LogP contribution in [0.25, 0.3) is 0 Å². The van der Waals surface area contributed by atoms with Crippen LogP contribution in [0.2, 0.25) is 0 Å². The molecule has 2 atom stereocenters. The lowest BCUT2D eigenvalue weighted by atomic mass is 9.94. The summed E-state index contributed by atoms with van der Waals surface area (Å²) in [4.78, 5) is 14.9. The third-order valence-electron chi connectivity index (χ3n) is 5.93. The van der Waals surface area contributed by atoms with Gasteiger partial charge in [-0.1, -0.05) is 20.8 Å². The van der Waals surface area contributed by atoms with Gasteiger partial charge >= 0.3 is 0 Å². The van der Waals surface area contributed by atoms with Crippen molar-refractivity contribution in [1.29, 1.82) is 0 Å². The summed E-state index contributed by atoms with van der Waals surface area (Å²) in [6.07, 6.45) is 2.99. The van der Waals surface area contributed by atoms with Crippen molar-refractivity contribution >= 4 is 15.9 Å². The maximum atomic E-state index is 13.4. The minimum absolute atomic E-state index is 0.0903. The van der Waals surface area contributed by atoms with Crippen LogP contribution in [0.1, 0.15) is 50.4 Å². The van der Waals surface area contributed by atoms with Crippen molar-refractivity contribution in [3.05, 3.63) is 23.8 Å². The number of sulfonamides is 1. The van der Waals surface area contributed by atoms with E-state index in [1.165, 1.54) is 13.2 Å². The van der Waals surface area contributed by atoms with Gasteiger partial charge in [0.15, 0.2) is 0 Å². The zero-order chi connectivity index (χ0) is 20.5. The van der Waals surface area contributed by atoms with Crippen molar-refractivity contribution < 1.29 is 17.9 Å². The molecule has 2 heterocycles. The van der Waals surface area contributed by atoms with Gasteiger partial charge in [-0.15, -0.1) is 0 Å². The van der Waals surface area contributed by atoms with Crippen LogP contribution in [-0.4, -0.2) is 56.8 Å². The molecular formula is C21H32N2O4S. The van der Waals surface area contributed by atoms with E-state index in [9.17, 15) is 13.2 Å². The Bertz CT molecular complexity index is 806. The molecule has 1 aromatic rings. The molecular weight excluding hydrogens is 376 g/mol. The second kappa shape index (κ2) is 8.41. The Hall–Kier alpha value is -1.60. The second-order valence-corrected chi connectivity index (χ2v) is 10.5. The minimum Gasteiger partial charge on any atom is -0.495 e. The summed E-state index contributed by atoms with van der Waals surface area (Å²) in [6.45, 7) is 8.78. The molecule has 28 heavy (non-hydrogen) atoms. The van der Waals surface area contributed by atoms with Gasteiger partial charge in [-0.25, -0.2) is 8.42 Å². The largest absolute Gasteiger partial charge is 0.495 e. The summed E-state index contributed by atoms with van der Waals surface area (Å²) in [7, 11) is -2.27. The molecule has 2 aliphatic heterocycles. The van der Waals surface area contributed by atoms with Gasteiger partial charge < -0.3 is 9.64 Å². The molecule has 0 spiro atoms. The highest BCUT2D eigenvalue weighted by Crippen LogP contribution is 2.32. The molecule has 1 amide bonds. The number of hydrogen-bond donors (Lipinski definition) is 0. The predicted molar refractivity (Wildman–Crippen MR) is 109 cm³/mol. The molecule has 0 saturated carbocycles. The van der Waals surface area contributed by atoms with E-state index in [0.717, 1.165) is 32.4 Å². The summed E-state index contributed by atoms with van der Waals surface area (Å²) in [5, 5.41) is 0. The topological polar surface area (TPSA) is 66.9 Å². The molecule has 7 heteroatoms. The van der Waals surface area contributed by atoms with Crippen molar-refractivity contribution in [3.63, 3.8) is 0 Å². The molecule has 0 aromatic heterocycles. The lowest BCUT2D eigenvalue weighted by molar-refractivity contribution is 0.0697. The van der Waals surface area contributed by atoms with Gasteiger partial charge in [-0.2, -0.15) is 4.31 Å². The number of hydrogen-bond acceptors (Lipinski definition) is 4. The maximum absolute atomic E-state index is 13.4. The third kappa shape index (κ3) is 4.35. The van der Waals surface area contributed by atoms with Crippen LogP contribution in [-0.2, 0) is 10.0 Å². The summed E-state index contributed by atoms with van der Waals surface area (Å²) < 4.78 is 33.6. The van der Waals surface area contributed by atoms with Gasteiger partial charge in [0.1, 0.15) is 10.6 Å². The van der Waals surface area contributed by atoms with E-state index < -0.39 is 10.0 Å². The van der Waals surface area contributed by atoms with Gasteiger partial charge in [0.05, 0.1) is 7.11 Å². The molecule has 3 rings (SSSR count). The predicted octanol–water partition coefficient (Wildman–Crippen LogP) is 3.23. The zero-order valence-electron chi connectivity index (χ0n) is 17.3. The first-order valence-electron chi connectivity index (χ1n) is 10.2. The summed E-state index contributed by atoms with van der Waals surface area (Å²) in [6, 6.07) is 4.77. The molecule has 1 aromatic carbocycles. The molecule has 2 aliphatic rings. The SMILES string of the molecule is COc1ccc(C(=O)N2CCC(C)CC2)cc1S(=O)(=O)N1CC(C)CC(C)C1. The average Bonchev–Trinajstić information content (AvgIpc) is 2.66. The number of ether oxygens (including phenoxy) is 1. The Kier molecular flexibility index (Phi) is 6.34. The molecule has 156 valence electrons. The lowest BCUT2D eigenvalue weighted by Crippen LogP contribution is -2.42. The van der Waals surface area contributed by atoms with Crippen molar-refractivity contribution in [1.82, 2.24) is 9.21 Å². The Morgan fingerprint density at radius 1 is 1.04 bits per heavy atom. The van der Waals surface area contributed by atoms with Gasteiger partial charge in [-0.05, 0) is 55.2 Å². The fourth-order valence-corrected chi connectivity index (χ4v) is 6.21. The van der Waals surface area contributed by atoms with Crippen LogP contribution < -0.4 is 4.74 Å². The van der Waals surface area contributed by atoms with Crippen LogP contribution in [0.5, 0.6) is 5.75 Å². The van der Waals surface area contributed by atoms with Crippen LogP contribution in [0.4, 0.5) is 0 Å². The Labute approximate surface area is 168 Å². The maximum Gasteiger partial charge on any atom is 0.253 e. The highest BCUT2D eigenvalue weighted by atomic mass is 32.2. The van der Waals surface area contributed by atoms with E-state index in [1.54, 1.807) is 16.4 Å². The second-order valence-electron chi connectivity index (χ2n) is 8.61. The first kappa shape index (κ1) is 21.1. The van der Waals surface area contributed by atoms with E-state index >= 15 is 0 Å². The lowest BCUT2D eigenvalue weighted by Gasteiger charge is -2.34. The Balaban J connectivity index is 1.91. The monoisotopic (exact) mass is 408 g/mol. The number of benzene rings is 1. The van der Waals surface area contributed by atoms with Crippen molar-refractivity contribution in [2.45, 2.75) is 44.9 Å². The average molecular weight is 409 g/mol. The number of likely N-dealkylation sites (tertiary alicyclic amines) is 1. The van der Waals surface area contributed by atoms with E-state index in [0.29, 0.717) is 36.4 Å². The smallest absolute Gasteiger partial charge is 0.253 e. The van der Waals surface area contributed by atoms with Crippen molar-refractivity contribution in [2.75, 3.05) is 33.3 Å². The Morgan fingerprint density at radius 3 is 2.21 bits per heavy atom. The van der Waals surface area contributed by atoms with Crippen molar-refractivity contribution in [2.24, 2.45) is 17.8 Å². The fraction of sp³-hybridized carbons (Fsp3) is 0.667. The van der Waals surface area contributed by atoms with Crippen LogP contribution >= 0.6 is 0 Å². The quantitative estimate of drug-likeness (QED) is 0.767. The first-order chi connectivity index (χ1) is 13.2. The van der Waals surface area contributed by atoms with E-state index in [4.69, 9.17) is 4.74 Å². The fourth-order valence-electron chi connectivity index (χ4n) is 4.35. The Morgan fingerprint density at radius 2 is 1.64 bits per heavy atom. The highest BCUT2D eigenvalue weighted by molar-refractivity contribution is 7.89. The summed E-state index contributed by atoms with van der Waals surface area (Å²) >= 11 is 0. The summed E-state index contributed by atoms with van der Waals surface area (Å²) in [5.41, 5.74) is 0.409. The number of amides is 1.